The summed E-state index contributed by atoms with van der Waals surface area (Å²) in [7, 11) is 0. The third kappa shape index (κ3) is 3.11. The van der Waals surface area contributed by atoms with Crippen molar-refractivity contribution >= 4 is 39.4 Å². The van der Waals surface area contributed by atoms with Crippen molar-refractivity contribution in [2.45, 2.75) is 19.6 Å². The Labute approximate surface area is 156 Å². The van der Waals surface area contributed by atoms with Crippen molar-refractivity contribution in [2.75, 3.05) is 12.3 Å². The molecule has 2 heterocycles. The van der Waals surface area contributed by atoms with Crippen molar-refractivity contribution in [3.8, 4) is 0 Å². The Morgan fingerprint density at radius 3 is 2.73 bits per heavy atom. The van der Waals surface area contributed by atoms with Gasteiger partial charge in [0.1, 0.15) is 5.52 Å². The molecule has 132 valence electrons. The molecule has 6 heteroatoms. The summed E-state index contributed by atoms with van der Waals surface area (Å²) in [5.41, 5.74) is 9.78. The number of benzene rings is 2. The van der Waals surface area contributed by atoms with E-state index >= 15 is 0 Å². The quantitative estimate of drug-likeness (QED) is 0.560. The van der Waals surface area contributed by atoms with Gasteiger partial charge in [-0.3, -0.25) is 0 Å². The predicted molar refractivity (Wildman–Crippen MR) is 105 cm³/mol. The minimum Gasteiger partial charge on any atom is -0.382 e. The number of nitrogens with zero attached hydrogens (tertiary/aromatic N) is 3. The average Bonchev–Trinajstić information content (AvgIpc) is 3.09. The topological polar surface area (TPSA) is 66.0 Å². The Kier molecular flexibility index (Phi) is 4.49. The predicted octanol–water partition coefficient (Wildman–Crippen LogP) is 4.60. The number of pyridine rings is 1. The second-order valence-corrected chi connectivity index (χ2v) is 6.79. The molecule has 2 aromatic carbocycles. The van der Waals surface area contributed by atoms with Crippen LogP contribution in [-0.4, -0.2) is 21.1 Å². The number of halogens is 1. The zero-order valence-electron chi connectivity index (χ0n) is 14.4. The Morgan fingerprint density at radius 2 is 1.92 bits per heavy atom. The third-order valence-corrected chi connectivity index (χ3v) is 4.70. The second kappa shape index (κ2) is 6.94. The average molecular weight is 367 g/mol. The van der Waals surface area contributed by atoms with E-state index in [9.17, 15) is 0 Å². The molecule has 0 aliphatic heterocycles. The van der Waals surface area contributed by atoms with Gasteiger partial charge in [0.2, 0.25) is 0 Å². The Balaban J connectivity index is 1.58. The molecule has 0 bridgehead atoms. The van der Waals surface area contributed by atoms with Crippen LogP contribution in [0.3, 0.4) is 0 Å². The fourth-order valence-electron chi connectivity index (χ4n) is 3.11. The lowest BCUT2D eigenvalue weighted by Gasteiger charge is -2.16. The highest BCUT2D eigenvalue weighted by Crippen LogP contribution is 2.29. The lowest BCUT2D eigenvalue weighted by atomic mass is 10.1. The summed E-state index contributed by atoms with van der Waals surface area (Å²) in [5.74, 6) is 0.451. The van der Waals surface area contributed by atoms with E-state index in [4.69, 9.17) is 22.1 Å². The van der Waals surface area contributed by atoms with Crippen molar-refractivity contribution in [3.63, 3.8) is 0 Å². The van der Waals surface area contributed by atoms with E-state index in [1.807, 2.05) is 54.9 Å². The van der Waals surface area contributed by atoms with Crippen molar-refractivity contribution in [3.05, 3.63) is 65.4 Å². The van der Waals surface area contributed by atoms with E-state index in [0.717, 1.165) is 32.5 Å². The maximum absolute atomic E-state index is 6.10. The summed E-state index contributed by atoms with van der Waals surface area (Å²) >= 11 is 5.91. The molecule has 0 amide bonds. The molecule has 2 aromatic heterocycles. The number of ether oxygens (including phenoxy) is 1. The number of para-hydroxylation sites is 1. The number of nitrogens with two attached hydrogens (primary N) is 1. The first-order valence-electron chi connectivity index (χ1n) is 8.46. The smallest absolute Gasteiger partial charge is 0.152 e. The van der Waals surface area contributed by atoms with E-state index < -0.39 is 0 Å². The molecule has 4 rings (SSSR count). The normalized spacial score (nSPS) is 12.7. The van der Waals surface area contributed by atoms with Crippen molar-refractivity contribution in [1.82, 2.24) is 14.5 Å². The molecule has 1 atom stereocenters. The van der Waals surface area contributed by atoms with Crippen LogP contribution in [0, 0.1) is 0 Å². The first-order valence-corrected chi connectivity index (χ1v) is 8.84. The zero-order chi connectivity index (χ0) is 18.1. The Morgan fingerprint density at radius 1 is 1.15 bits per heavy atom. The van der Waals surface area contributed by atoms with Gasteiger partial charge in [-0.25, -0.2) is 9.97 Å². The molecule has 26 heavy (non-hydrogen) atoms. The van der Waals surface area contributed by atoms with E-state index in [-0.39, 0.29) is 6.04 Å². The van der Waals surface area contributed by atoms with Crippen LogP contribution in [0.5, 0.6) is 0 Å². The highest BCUT2D eigenvalue weighted by molar-refractivity contribution is 6.30. The Bertz CT molecular complexity index is 1060. The molecular formula is C20H19ClN4O. The zero-order valence-corrected chi connectivity index (χ0v) is 15.1. The molecule has 0 aliphatic carbocycles. The molecule has 0 radical (unpaired) electrons. The first kappa shape index (κ1) is 16.8. The van der Waals surface area contributed by atoms with Gasteiger partial charge in [-0.15, -0.1) is 0 Å². The van der Waals surface area contributed by atoms with Crippen molar-refractivity contribution in [2.24, 2.45) is 0 Å². The van der Waals surface area contributed by atoms with E-state index in [0.29, 0.717) is 19.0 Å². The maximum Gasteiger partial charge on any atom is 0.152 e. The molecule has 1 unspecified atom stereocenters. The van der Waals surface area contributed by atoms with Crippen LogP contribution in [0.15, 0.2) is 54.9 Å². The molecule has 0 saturated heterocycles. The van der Waals surface area contributed by atoms with Crippen LogP contribution in [0.1, 0.15) is 18.5 Å². The van der Waals surface area contributed by atoms with Crippen molar-refractivity contribution in [1.29, 1.82) is 0 Å². The molecular weight excluding hydrogens is 348 g/mol. The van der Waals surface area contributed by atoms with Crippen LogP contribution in [0.4, 0.5) is 5.82 Å². The number of hydrogen-bond acceptors (Lipinski definition) is 4. The van der Waals surface area contributed by atoms with Gasteiger partial charge in [0.25, 0.3) is 0 Å². The molecule has 0 fully saturated rings. The number of anilines is 1. The highest BCUT2D eigenvalue weighted by Gasteiger charge is 2.15. The highest BCUT2D eigenvalue weighted by atomic mass is 35.5. The van der Waals surface area contributed by atoms with Gasteiger partial charge in [-0.05, 0) is 30.7 Å². The summed E-state index contributed by atoms with van der Waals surface area (Å²) < 4.78 is 8.01. The van der Waals surface area contributed by atoms with Crippen molar-refractivity contribution < 1.29 is 4.74 Å². The van der Waals surface area contributed by atoms with Crippen LogP contribution in [0.25, 0.3) is 21.9 Å². The molecule has 0 saturated carbocycles. The van der Waals surface area contributed by atoms with Gasteiger partial charge in [0, 0.05) is 10.4 Å². The molecule has 0 spiro atoms. The number of fused-ring (bicyclic) bond motifs is 3. The van der Waals surface area contributed by atoms with Gasteiger partial charge in [-0.2, -0.15) is 0 Å². The summed E-state index contributed by atoms with van der Waals surface area (Å²) in [6.07, 6.45) is 1.81. The van der Waals surface area contributed by atoms with Crippen LogP contribution < -0.4 is 5.73 Å². The fraction of sp³-hybridized carbons (Fsp3) is 0.200. The van der Waals surface area contributed by atoms with E-state index in [1.165, 1.54) is 0 Å². The van der Waals surface area contributed by atoms with Gasteiger partial charge < -0.3 is 15.0 Å². The minimum atomic E-state index is 0.109. The monoisotopic (exact) mass is 366 g/mol. The molecule has 4 aromatic rings. The van der Waals surface area contributed by atoms with E-state index in [1.54, 1.807) is 0 Å². The molecule has 0 aliphatic rings. The molecule has 5 nitrogen and oxygen atoms in total. The maximum atomic E-state index is 6.10. The Hall–Kier alpha value is -2.63. The number of hydrogen-bond donors (Lipinski definition) is 1. The van der Waals surface area contributed by atoms with Gasteiger partial charge in [0.15, 0.2) is 5.82 Å². The van der Waals surface area contributed by atoms with Gasteiger partial charge in [-0.1, -0.05) is 41.9 Å². The lowest BCUT2D eigenvalue weighted by Crippen LogP contribution is -2.11. The minimum absolute atomic E-state index is 0.109. The van der Waals surface area contributed by atoms with E-state index in [2.05, 4.69) is 21.5 Å². The van der Waals surface area contributed by atoms with Gasteiger partial charge >= 0.3 is 0 Å². The van der Waals surface area contributed by atoms with Crippen LogP contribution >= 0.6 is 11.6 Å². The summed E-state index contributed by atoms with van der Waals surface area (Å²) in [6.45, 7) is 3.21. The largest absolute Gasteiger partial charge is 0.382 e. The fourth-order valence-corrected chi connectivity index (χ4v) is 3.24. The lowest BCUT2D eigenvalue weighted by molar-refractivity contribution is 0.0958. The number of nitrogen functional groups attached to an aromatic ring is 1. The summed E-state index contributed by atoms with van der Waals surface area (Å²) in [6, 6.07) is 15.8. The summed E-state index contributed by atoms with van der Waals surface area (Å²) in [5, 5.41) is 1.77. The second-order valence-electron chi connectivity index (χ2n) is 6.35. The standard InChI is InChI=1S/C20H19ClN4O/c1-13(10-26-11-14-6-8-15(21)9-7-14)25-12-23-18-19(25)16-4-2-3-5-17(16)24-20(18)22/h2-9,12-13H,10-11H2,1H3,(H2,22,24). The van der Waals surface area contributed by atoms with Crippen LogP contribution in [-0.2, 0) is 11.3 Å². The summed E-state index contributed by atoms with van der Waals surface area (Å²) in [4.78, 5) is 8.92. The number of rotatable bonds is 5. The third-order valence-electron chi connectivity index (χ3n) is 4.45. The molecule has 2 N–H and O–H groups in total. The first-order chi connectivity index (χ1) is 12.6. The number of aromatic nitrogens is 3. The SMILES string of the molecule is CC(COCc1ccc(Cl)cc1)n1cnc2c(N)nc3ccccc3c21. The number of imidazole rings is 1. The van der Waals surface area contributed by atoms with Gasteiger partial charge in [0.05, 0.1) is 36.6 Å². The van der Waals surface area contributed by atoms with Crippen LogP contribution in [0.2, 0.25) is 5.02 Å².